The highest BCUT2D eigenvalue weighted by molar-refractivity contribution is 5.53. The Labute approximate surface area is 165 Å². The zero-order valence-electron chi connectivity index (χ0n) is 17.2. The number of hydrogen-bond acceptors (Lipinski definition) is 6. The van der Waals surface area contributed by atoms with Crippen molar-refractivity contribution in [3.63, 3.8) is 0 Å². The van der Waals surface area contributed by atoms with Crippen molar-refractivity contribution >= 4 is 0 Å². The minimum Gasteiger partial charge on any atom is -0.502 e. The fourth-order valence-corrected chi connectivity index (χ4v) is 3.83. The fourth-order valence-electron chi connectivity index (χ4n) is 3.83. The van der Waals surface area contributed by atoms with Gasteiger partial charge in [-0.25, -0.2) is 0 Å². The van der Waals surface area contributed by atoms with Crippen molar-refractivity contribution in [3.8, 4) is 28.7 Å². The second kappa shape index (κ2) is 8.19. The maximum atomic E-state index is 10.2. The molecule has 1 fully saturated rings. The summed E-state index contributed by atoms with van der Waals surface area (Å²) in [5.41, 5.74) is 1.95. The van der Waals surface area contributed by atoms with Gasteiger partial charge in [-0.3, -0.25) is 0 Å². The third kappa shape index (κ3) is 3.44. The summed E-state index contributed by atoms with van der Waals surface area (Å²) >= 11 is 0. The van der Waals surface area contributed by atoms with Crippen molar-refractivity contribution in [3.05, 3.63) is 41.5 Å². The van der Waals surface area contributed by atoms with E-state index in [4.69, 9.17) is 23.7 Å². The molecule has 0 aromatic heterocycles. The molecule has 2 aromatic carbocycles. The third-order valence-electron chi connectivity index (χ3n) is 5.64. The first-order chi connectivity index (χ1) is 13.4. The molecule has 6 heteroatoms. The molecule has 0 aliphatic carbocycles. The van der Waals surface area contributed by atoms with Gasteiger partial charge in [-0.1, -0.05) is 19.9 Å². The standard InChI is InChI=1S/C22H28O6/c1-12-13(2)22(15-10-18(26-5)20(23)19(11-15)27-6)28-21(12)14-7-8-16(24-3)17(9-14)25-4/h7-13,21-23H,1-6H3/t12-,13+,21-,22+/m0/s1. The van der Waals surface area contributed by atoms with Crippen LogP contribution in [0.4, 0.5) is 0 Å². The van der Waals surface area contributed by atoms with Crippen LogP contribution in [0.1, 0.15) is 37.2 Å². The average molecular weight is 388 g/mol. The molecule has 0 radical (unpaired) electrons. The van der Waals surface area contributed by atoms with Crippen molar-refractivity contribution in [2.75, 3.05) is 28.4 Å². The van der Waals surface area contributed by atoms with Gasteiger partial charge in [-0.15, -0.1) is 0 Å². The molecule has 4 atom stereocenters. The number of phenolic OH excluding ortho intramolecular Hbond substituents is 1. The molecule has 3 rings (SSSR count). The summed E-state index contributed by atoms with van der Waals surface area (Å²) in [4.78, 5) is 0. The van der Waals surface area contributed by atoms with Gasteiger partial charge >= 0.3 is 0 Å². The smallest absolute Gasteiger partial charge is 0.200 e. The lowest BCUT2D eigenvalue weighted by Gasteiger charge is -2.19. The van der Waals surface area contributed by atoms with E-state index < -0.39 is 0 Å². The van der Waals surface area contributed by atoms with E-state index in [0.29, 0.717) is 23.0 Å². The molecular weight excluding hydrogens is 360 g/mol. The quantitative estimate of drug-likeness (QED) is 0.785. The zero-order valence-corrected chi connectivity index (χ0v) is 17.2. The van der Waals surface area contributed by atoms with Crippen molar-refractivity contribution in [2.45, 2.75) is 26.1 Å². The lowest BCUT2D eigenvalue weighted by molar-refractivity contribution is 0.0286. The predicted octanol–water partition coefficient (Wildman–Crippen LogP) is 4.51. The molecule has 0 spiro atoms. The van der Waals surface area contributed by atoms with Crippen LogP contribution in [0.5, 0.6) is 28.7 Å². The molecular formula is C22H28O6. The number of phenols is 1. The Morgan fingerprint density at radius 2 is 1.14 bits per heavy atom. The Morgan fingerprint density at radius 3 is 1.64 bits per heavy atom. The number of methoxy groups -OCH3 is 4. The highest BCUT2D eigenvalue weighted by Gasteiger charge is 2.41. The minimum atomic E-state index is -0.156. The van der Waals surface area contributed by atoms with Gasteiger partial charge < -0.3 is 28.8 Å². The largest absolute Gasteiger partial charge is 0.502 e. The number of rotatable bonds is 6. The molecule has 1 heterocycles. The van der Waals surface area contributed by atoms with Gasteiger partial charge in [-0.2, -0.15) is 0 Å². The van der Waals surface area contributed by atoms with Crippen LogP contribution in [-0.2, 0) is 4.74 Å². The lowest BCUT2D eigenvalue weighted by atomic mass is 9.85. The molecule has 0 amide bonds. The van der Waals surface area contributed by atoms with Crippen LogP contribution in [0.3, 0.4) is 0 Å². The minimum absolute atomic E-state index is 0.0103. The number of benzene rings is 2. The highest BCUT2D eigenvalue weighted by Crippen LogP contribution is 2.51. The summed E-state index contributed by atoms with van der Waals surface area (Å²) < 4.78 is 27.9. The Bertz CT molecular complexity index is 809. The van der Waals surface area contributed by atoms with Crippen molar-refractivity contribution in [2.24, 2.45) is 11.8 Å². The topological polar surface area (TPSA) is 66.4 Å². The predicted molar refractivity (Wildman–Crippen MR) is 106 cm³/mol. The van der Waals surface area contributed by atoms with E-state index in [-0.39, 0.29) is 29.8 Å². The second-order valence-electron chi connectivity index (χ2n) is 7.08. The zero-order chi connectivity index (χ0) is 20.4. The first-order valence-corrected chi connectivity index (χ1v) is 9.27. The molecule has 152 valence electrons. The van der Waals surface area contributed by atoms with Gasteiger partial charge in [0.15, 0.2) is 23.0 Å². The van der Waals surface area contributed by atoms with Crippen molar-refractivity contribution < 1.29 is 28.8 Å². The van der Waals surface area contributed by atoms with Crippen LogP contribution in [0.15, 0.2) is 30.3 Å². The number of aromatic hydroxyl groups is 1. The second-order valence-corrected chi connectivity index (χ2v) is 7.08. The van der Waals surface area contributed by atoms with Gasteiger partial charge in [0.25, 0.3) is 0 Å². The van der Waals surface area contributed by atoms with Crippen LogP contribution in [-0.4, -0.2) is 33.5 Å². The number of ether oxygens (including phenoxy) is 5. The van der Waals surface area contributed by atoms with Gasteiger partial charge in [0.2, 0.25) is 5.75 Å². The van der Waals surface area contributed by atoms with E-state index >= 15 is 0 Å². The summed E-state index contributed by atoms with van der Waals surface area (Å²) in [6, 6.07) is 9.49. The molecule has 28 heavy (non-hydrogen) atoms. The molecule has 0 unspecified atom stereocenters. The van der Waals surface area contributed by atoms with Crippen LogP contribution in [0, 0.1) is 11.8 Å². The normalized spacial score (nSPS) is 24.1. The van der Waals surface area contributed by atoms with E-state index in [0.717, 1.165) is 11.1 Å². The summed E-state index contributed by atoms with van der Waals surface area (Å²) in [5, 5.41) is 10.2. The molecule has 2 aromatic rings. The van der Waals surface area contributed by atoms with Crippen molar-refractivity contribution in [1.29, 1.82) is 0 Å². The summed E-state index contributed by atoms with van der Waals surface area (Å²) in [5.74, 6) is 2.61. The van der Waals surface area contributed by atoms with E-state index in [1.807, 2.05) is 30.3 Å². The first kappa shape index (κ1) is 20.1. The molecule has 6 nitrogen and oxygen atoms in total. The van der Waals surface area contributed by atoms with Crippen LogP contribution in [0.2, 0.25) is 0 Å². The van der Waals surface area contributed by atoms with E-state index in [1.165, 1.54) is 14.2 Å². The van der Waals surface area contributed by atoms with E-state index in [2.05, 4.69) is 13.8 Å². The SMILES string of the molecule is COc1ccc([C@H]2O[C@@H](c3cc(OC)c(O)c(OC)c3)[C@H](C)[C@@H]2C)cc1OC. The fraction of sp³-hybridized carbons (Fsp3) is 0.455. The molecule has 0 bridgehead atoms. The third-order valence-corrected chi connectivity index (χ3v) is 5.64. The lowest BCUT2D eigenvalue weighted by Crippen LogP contribution is -2.10. The summed E-state index contributed by atoms with van der Waals surface area (Å²) in [7, 11) is 6.29. The van der Waals surface area contributed by atoms with Crippen LogP contribution < -0.4 is 18.9 Å². The van der Waals surface area contributed by atoms with E-state index in [9.17, 15) is 5.11 Å². The Balaban J connectivity index is 1.95. The highest BCUT2D eigenvalue weighted by atomic mass is 16.5. The molecule has 1 N–H and O–H groups in total. The summed E-state index contributed by atoms with van der Waals surface area (Å²) in [6.45, 7) is 4.35. The van der Waals surface area contributed by atoms with Gasteiger partial charge in [-0.05, 0) is 47.2 Å². The molecule has 1 saturated heterocycles. The van der Waals surface area contributed by atoms with E-state index in [1.54, 1.807) is 14.2 Å². The Kier molecular flexibility index (Phi) is 5.89. The first-order valence-electron chi connectivity index (χ1n) is 9.27. The molecule has 1 aliphatic heterocycles. The molecule has 0 saturated carbocycles. The van der Waals surface area contributed by atoms with Crippen molar-refractivity contribution in [1.82, 2.24) is 0 Å². The summed E-state index contributed by atoms with van der Waals surface area (Å²) in [6.07, 6.45) is -0.248. The maximum absolute atomic E-state index is 10.2. The van der Waals surface area contributed by atoms with Gasteiger partial charge in [0.1, 0.15) is 0 Å². The Hall–Kier alpha value is -2.60. The Morgan fingerprint density at radius 1 is 0.679 bits per heavy atom. The average Bonchev–Trinajstić information content (AvgIpc) is 3.02. The van der Waals surface area contributed by atoms with Crippen LogP contribution in [0.25, 0.3) is 0 Å². The molecule has 1 aliphatic rings. The van der Waals surface area contributed by atoms with Gasteiger partial charge in [0.05, 0.1) is 40.6 Å². The maximum Gasteiger partial charge on any atom is 0.200 e. The number of hydrogen-bond donors (Lipinski definition) is 1. The van der Waals surface area contributed by atoms with Gasteiger partial charge in [0, 0.05) is 0 Å². The van der Waals surface area contributed by atoms with Crippen LogP contribution >= 0.6 is 0 Å². The monoisotopic (exact) mass is 388 g/mol.